The highest BCUT2D eigenvalue weighted by atomic mass is 35.5. The van der Waals surface area contributed by atoms with Gasteiger partial charge < -0.3 is 10.8 Å². The molecule has 0 saturated heterocycles. The van der Waals surface area contributed by atoms with Crippen LogP contribution in [0.15, 0.2) is 36.5 Å². The molecular formula is C12H9ClN2O2. The lowest BCUT2D eigenvalue weighted by molar-refractivity contribution is 0.0698. The summed E-state index contributed by atoms with van der Waals surface area (Å²) in [7, 11) is 0. The quantitative estimate of drug-likeness (QED) is 0.857. The number of rotatable bonds is 2. The Morgan fingerprint density at radius 1 is 1.35 bits per heavy atom. The predicted octanol–water partition coefficient (Wildman–Crippen LogP) is 2.68. The molecule has 0 aliphatic heterocycles. The van der Waals surface area contributed by atoms with Crippen molar-refractivity contribution in [2.24, 2.45) is 0 Å². The minimum absolute atomic E-state index is 0.00620. The Bertz CT molecular complexity index is 584. The van der Waals surface area contributed by atoms with E-state index in [1.54, 1.807) is 18.2 Å². The number of hydrogen-bond donors (Lipinski definition) is 2. The first kappa shape index (κ1) is 11.4. The molecule has 2 aromatic rings. The van der Waals surface area contributed by atoms with Crippen molar-refractivity contribution in [2.45, 2.75) is 0 Å². The summed E-state index contributed by atoms with van der Waals surface area (Å²) in [5.74, 6) is -1.11. The van der Waals surface area contributed by atoms with E-state index in [1.165, 1.54) is 12.3 Å². The molecule has 0 radical (unpaired) electrons. The van der Waals surface area contributed by atoms with Gasteiger partial charge in [0.25, 0.3) is 0 Å². The van der Waals surface area contributed by atoms with E-state index in [4.69, 9.17) is 22.4 Å². The van der Waals surface area contributed by atoms with Gasteiger partial charge in [0.15, 0.2) is 0 Å². The third-order valence-electron chi connectivity index (χ3n) is 2.33. The number of hydrogen-bond acceptors (Lipinski definition) is 3. The molecule has 0 spiro atoms. The molecule has 0 fully saturated rings. The van der Waals surface area contributed by atoms with Crippen molar-refractivity contribution in [3.8, 4) is 11.1 Å². The molecule has 2 rings (SSSR count). The molecule has 86 valence electrons. The van der Waals surface area contributed by atoms with Crippen molar-refractivity contribution in [2.75, 3.05) is 5.73 Å². The summed E-state index contributed by atoms with van der Waals surface area (Å²) in [6.07, 6.45) is 1.50. The van der Waals surface area contributed by atoms with Gasteiger partial charge in [-0.05, 0) is 12.1 Å². The summed E-state index contributed by atoms with van der Waals surface area (Å²) in [5.41, 5.74) is 6.81. The van der Waals surface area contributed by atoms with Crippen molar-refractivity contribution in [1.29, 1.82) is 0 Å². The van der Waals surface area contributed by atoms with Gasteiger partial charge in [0.05, 0.1) is 0 Å². The second-order valence-electron chi connectivity index (χ2n) is 3.44. The summed E-state index contributed by atoms with van der Waals surface area (Å²) in [6, 6.07) is 8.60. The van der Waals surface area contributed by atoms with Gasteiger partial charge in [0, 0.05) is 22.3 Å². The van der Waals surface area contributed by atoms with Crippen LogP contribution in [0.2, 0.25) is 5.02 Å². The molecule has 17 heavy (non-hydrogen) atoms. The summed E-state index contributed by atoms with van der Waals surface area (Å²) >= 11 is 6.02. The average Bonchev–Trinajstić information content (AvgIpc) is 2.30. The number of carbonyl (C=O) groups is 1. The minimum atomic E-state index is -1.11. The van der Waals surface area contributed by atoms with Gasteiger partial charge in [-0.25, -0.2) is 9.78 Å². The second-order valence-corrected chi connectivity index (χ2v) is 3.85. The zero-order valence-corrected chi connectivity index (χ0v) is 9.48. The SMILES string of the molecule is Nc1ncc(-c2ccccc2Cl)cc1C(=O)O. The smallest absolute Gasteiger partial charge is 0.339 e. The van der Waals surface area contributed by atoms with Crippen molar-refractivity contribution in [3.05, 3.63) is 47.1 Å². The normalized spacial score (nSPS) is 10.2. The number of aromatic carboxylic acids is 1. The first-order valence-electron chi connectivity index (χ1n) is 4.83. The molecule has 0 atom stereocenters. The molecule has 0 unspecified atom stereocenters. The molecule has 0 aliphatic rings. The minimum Gasteiger partial charge on any atom is -0.478 e. The fraction of sp³-hybridized carbons (Fsp3) is 0. The van der Waals surface area contributed by atoms with Crippen molar-refractivity contribution >= 4 is 23.4 Å². The van der Waals surface area contributed by atoms with E-state index in [-0.39, 0.29) is 11.4 Å². The number of halogens is 1. The molecule has 4 nitrogen and oxygen atoms in total. The maximum Gasteiger partial charge on any atom is 0.339 e. The van der Waals surface area contributed by atoms with E-state index in [1.807, 2.05) is 6.07 Å². The van der Waals surface area contributed by atoms with Crippen LogP contribution in [-0.4, -0.2) is 16.1 Å². The standard InChI is InChI=1S/C12H9ClN2O2/c13-10-4-2-1-3-8(10)7-5-9(12(16)17)11(14)15-6-7/h1-6H,(H2,14,15)(H,16,17). The summed E-state index contributed by atoms with van der Waals surface area (Å²) in [6.45, 7) is 0. The predicted molar refractivity (Wildman–Crippen MR) is 66.1 cm³/mol. The van der Waals surface area contributed by atoms with Crippen LogP contribution in [0, 0.1) is 0 Å². The van der Waals surface area contributed by atoms with E-state index in [2.05, 4.69) is 4.98 Å². The molecule has 0 amide bonds. The average molecular weight is 249 g/mol. The number of aromatic nitrogens is 1. The first-order valence-corrected chi connectivity index (χ1v) is 5.21. The van der Waals surface area contributed by atoms with Crippen LogP contribution in [-0.2, 0) is 0 Å². The number of pyridine rings is 1. The van der Waals surface area contributed by atoms with Crippen LogP contribution < -0.4 is 5.73 Å². The number of carboxylic acid groups (broad SMARTS) is 1. The highest BCUT2D eigenvalue weighted by Gasteiger charge is 2.12. The molecule has 1 aromatic carbocycles. The van der Waals surface area contributed by atoms with Crippen molar-refractivity contribution in [3.63, 3.8) is 0 Å². The number of nitrogen functional groups attached to an aromatic ring is 1. The second kappa shape index (κ2) is 4.43. The van der Waals surface area contributed by atoms with E-state index in [9.17, 15) is 4.79 Å². The lowest BCUT2D eigenvalue weighted by Crippen LogP contribution is -2.04. The van der Waals surface area contributed by atoms with Crippen LogP contribution in [0.4, 0.5) is 5.82 Å². The largest absolute Gasteiger partial charge is 0.478 e. The molecule has 1 heterocycles. The van der Waals surface area contributed by atoms with Crippen LogP contribution in [0.1, 0.15) is 10.4 Å². The van der Waals surface area contributed by atoms with Gasteiger partial charge in [0.2, 0.25) is 0 Å². The molecule has 5 heteroatoms. The Kier molecular flexibility index (Phi) is 2.97. The third-order valence-corrected chi connectivity index (χ3v) is 2.66. The number of nitrogens with zero attached hydrogens (tertiary/aromatic N) is 1. The van der Waals surface area contributed by atoms with Crippen LogP contribution in [0.3, 0.4) is 0 Å². The Morgan fingerprint density at radius 3 is 2.71 bits per heavy atom. The molecular weight excluding hydrogens is 240 g/mol. The van der Waals surface area contributed by atoms with E-state index in [0.29, 0.717) is 10.6 Å². The zero-order valence-electron chi connectivity index (χ0n) is 8.72. The van der Waals surface area contributed by atoms with Crippen molar-refractivity contribution in [1.82, 2.24) is 4.98 Å². The van der Waals surface area contributed by atoms with Crippen LogP contribution >= 0.6 is 11.6 Å². The van der Waals surface area contributed by atoms with Gasteiger partial charge in [-0.2, -0.15) is 0 Å². The molecule has 0 saturated carbocycles. The Morgan fingerprint density at radius 2 is 2.06 bits per heavy atom. The molecule has 3 N–H and O–H groups in total. The monoisotopic (exact) mass is 248 g/mol. The highest BCUT2D eigenvalue weighted by Crippen LogP contribution is 2.28. The molecule has 1 aromatic heterocycles. The number of nitrogens with two attached hydrogens (primary N) is 1. The van der Waals surface area contributed by atoms with Gasteiger partial charge >= 0.3 is 5.97 Å². The Hall–Kier alpha value is -2.07. The zero-order chi connectivity index (χ0) is 12.4. The third kappa shape index (κ3) is 2.21. The summed E-state index contributed by atoms with van der Waals surface area (Å²) < 4.78 is 0. The van der Waals surface area contributed by atoms with E-state index >= 15 is 0 Å². The fourth-order valence-corrected chi connectivity index (χ4v) is 1.73. The summed E-state index contributed by atoms with van der Waals surface area (Å²) in [5, 5.41) is 9.49. The van der Waals surface area contributed by atoms with Gasteiger partial charge in [0.1, 0.15) is 11.4 Å². The first-order chi connectivity index (χ1) is 8.09. The van der Waals surface area contributed by atoms with Crippen LogP contribution in [0.25, 0.3) is 11.1 Å². The number of carboxylic acids is 1. The Balaban J connectivity index is 2.58. The van der Waals surface area contributed by atoms with Crippen molar-refractivity contribution < 1.29 is 9.90 Å². The van der Waals surface area contributed by atoms with E-state index < -0.39 is 5.97 Å². The molecule has 0 bridgehead atoms. The lowest BCUT2D eigenvalue weighted by atomic mass is 10.1. The lowest BCUT2D eigenvalue weighted by Gasteiger charge is -2.06. The summed E-state index contributed by atoms with van der Waals surface area (Å²) in [4.78, 5) is 14.8. The van der Waals surface area contributed by atoms with Gasteiger partial charge in [-0.15, -0.1) is 0 Å². The van der Waals surface area contributed by atoms with Gasteiger partial charge in [-0.1, -0.05) is 29.8 Å². The maximum atomic E-state index is 10.9. The number of benzene rings is 1. The number of anilines is 1. The van der Waals surface area contributed by atoms with E-state index in [0.717, 1.165) is 5.56 Å². The topological polar surface area (TPSA) is 76.2 Å². The fourth-order valence-electron chi connectivity index (χ4n) is 1.49. The molecule has 0 aliphatic carbocycles. The van der Waals surface area contributed by atoms with Gasteiger partial charge in [-0.3, -0.25) is 0 Å². The Labute approximate surface area is 103 Å². The maximum absolute atomic E-state index is 10.9. The van der Waals surface area contributed by atoms with Crippen LogP contribution in [0.5, 0.6) is 0 Å². The highest BCUT2D eigenvalue weighted by molar-refractivity contribution is 6.33.